The van der Waals surface area contributed by atoms with Crippen LogP contribution in [0.5, 0.6) is 11.5 Å². The van der Waals surface area contributed by atoms with Crippen LogP contribution >= 0.6 is 0 Å². The number of hydrogen-bond donors (Lipinski definition) is 0. The van der Waals surface area contributed by atoms with Crippen LogP contribution in [-0.2, 0) is 12.8 Å². The van der Waals surface area contributed by atoms with Gasteiger partial charge in [-0.3, -0.25) is 0 Å². The maximum absolute atomic E-state index is 5.96. The van der Waals surface area contributed by atoms with Gasteiger partial charge in [-0.05, 0) is 71.8 Å². The van der Waals surface area contributed by atoms with Crippen molar-refractivity contribution in [3.05, 3.63) is 119 Å². The van der Waals surface area contributed by atoms with E-state index in [0.29, 0.717) is 0 Å². The molecule has 0 aliphatic rings. The zero-order chi connectivity index (χ0) is 20.1. The predicted octanol–water partition coefficient (Wildman–Crippen LogP) is 7.61. The van der Waals surface area contributed by atoms with Gasteiger partial charge in [0.15, 0.2) is 0 Å². The third-order valence-electron chi connectivity index (χ3n) is 5.24. The minimum absolute atomic E-state index is 0.868. The van der Waals surface area contributed by atoms with Crippen LogP contribution in [0.15, 0.2) is 97.1 Å². The number of rotatable bonds is 6. The van der Waals surface area contributed by atoms with Crippen molar-refractivity contribution in [3.8, 4) is 22.6 Å². The Balaban J connectivity index is 1.39. The summed E-state index contributed by atoms with van der Waals surface area (Å²) in [6.07, 6.45) is 1.96. The van der Waals surface area contributed by atoms with Crippen LogP contribution in [0.3, 0.4) is 0 Å². The Labute approximate surface area is 173 Å². The summed E-state index contributed by atoms with van der Waals surface area (Å²) in [5.41, 5.74) is 7.71. The molecule has 4 aromatic rings. The van der Waals surface area contributed by atoms with Crippen molar-refractivity contribution in [1.29, 1.82) is 0 Å². The molecule has 0 fully saturated rings. The summed E-state index contributed by atoms with van der Waals surface area (Å²) in [5, 5.41) is 0. The normalized spacial score (nSPS) is 10.7. The third-order valence-corrected chi connectivity index (χ3v) is 5.24. The molecule has 0 aromatic heterocycles. The van der Waals surface area contributed by atoms with Gasteiger partial charge in [0.1, 0.15) is 11.5 Å². The van der Waals surface area contributed by atoms with E-state index in [1.165, 1.54) is 33.4 Å². The van der Waals surface area contributed by atoms with Gasteiger partial charge < -0.3 is 4.74 Å². The third kappa shape index (κ3) is 4.94. The van der Waals surface area contributed by atoms with Gasteiger partial charge in [-0.2, -0.15) is 0 Å². The fourth-order valence-corrected chi connectivity index (χ4v) is 3.40. The molecular weight excluding hydrogens is 352 g/mol. The van der Waals surface area contributed by atoms with E-state index in [2.05, 4.69) is 86.6 Å². The van der Waals surface area contributed by atoms with Crippen LogP contribution in [0.25, 0.3) is 11.1 Å². The van der Waals surface area contributed by atoms with Gasteiger partial charge in [-0.25, -0.2) is 0 Å². The lowest BCUT2D eigenvalue weighted by molar-refractivity contribution is 0.482. The Bertz CT molecular complexity index is 1040. The van der Waals surface area contributed by atoms with Gasteiger partial charge in [0, 0.05) is 0 Å². The van der Waals surface area contributed by atoms with Crippen molar-refractivity contribution in [1.82, 2.24) is 0 Å². The Morgan fingerprint density at radius 3 is 1.41 bits per heavy atom. The van der Waals surface area contributed by atoms with Crippen LogP contribution in [0.2, 0.25) is 0 Å². The van der Waals surface area contributed by atoms with Gasteiger partial charge in [-0.1, -0.05) is 85.3 Å². The van der Waals surface area contributed by atoms with Crippen LogP contribution in [0.4, 0.5) is 0 Å². The number of ether oxygens (including phenoxy) is 1. The maximum Gasteiger partial charge on any atom is 0.127 e. The fraction of sp³-hybridized carbons (Fsp3) is 0.143. The Morgan fingerprint density at radius 1 is 0.517 bits per heavy atom. The Kier molecular flexibility index (Phi) is 5.76. The van der Waals surface area contributed by atoms with Crippen molar-refractivity contribution in [2.45, 2.75) is 26.7 Å². The lowest BCUT2D eigenvalue weighted by Crippen LogP contribution is -1.90. The molecule has 0 radical (unpaired) electrons. The summed E-state index contributed by atoms with van der Waals surface area (Å²) in [4.78, 5) is 0. The van der Waals surface area contributed by atoms with Gasteiger partial charge in [0.25, 0.3) is 0 Å². The molecule has 0 amide bonds. The van der Waals surface area contributed by atoms with E-state index in [-0.39, 0.29) is 0 Å². The number of hydrogen-bond acceptors (Lipinski definition) is 1. The molecule has 0 aliphatic heterocycles. The topological polar surface area (TPSA) is 9.23 Å². The first-order valence-electron chi connectivity index (χ1n) is 10.2. The first-order chi connectivity index (χ1) is 14.2. The minimum Gasteiger partial charge on any atom is -0.457 e. The minimum atomic E-state index is 0.868. The summed E-state index contributed by atoms with van der Waals surface area (Å²) < 4.78 is 5.96. The van der Waals surface area contributed by atoms with Crippen molar-refractivity contribution in [2.75, 3.05) is 0 Å². The number of aryl methyl sites for hydroxylation is 2. The summed E-state index contributed by atoms with van der Waals surface area (Å²) in [5.74, 6) is 1.74. The van der Waals surface area contributed by atoms with E-state index in [0.717, 1.165) is 24.3 Å². The van der Waals surface area contributed by atoms with E-state index in [1.54, 1.807) is 0 Å². The summed E-state index contributed by atoms with van der Waals surface area (Å²) in [6, 6.07) is 34.2. The van der Waals surface area contributed by atoms with Crippen LogP contribution in [-0.4, -0.2) is 0 Å². The predicted molar refractivity (Wildman–Crippen MR) is 122 cm³/mol. The first-order valence-corrected chi connectivity index (χ1v) is 10.2. The maximum atomic E-state index is 5.96. The lowest BCUT2D eigenvalue weighted by Gasteiger charge is -2.08. The lowest BCUT2D eigenvalue weighted by atomic mass is 10.00. The zero-order valence-corrected chi connectivity index (χ0v) is 17.1. The monoisotopic (exact) mass is 378 g/mol. The second kappa shape index (κ2) is 8.79. The second-order valence-corrected chi connectivity index (χ2v) is 7.48. The summed E-state index contributed by atoms with van der Waals surface area (Å²) in [7, 11) is 0. The molecule has 4 aromatic carbocycles. The van der Waals surface area contributed by atoms with E-state index < -0.39 is 0 Å². The van der Waals surface area contributed by atoms with Gasteiger partial charge in [-0.15, -0.1) is 0 Å². The molecule has 0 saturated carbocycles. The molecule has 0 bridgehead atoms. The van der Waals surface area contributed by atoms with Crippen molar-refractivity contribution >= 4 is 0 Å². The molecule has 29 heavy (non-hydrogen) atoms. The first kappa shape index (κ1) is 19.0. The second-order valence-electron chi connectivity index (χ2n) is 7.48. The van der Waals surface area contributed by atoms with Crippen molar-refractivity contribution in [2.24, 2.45) is 0 Å². The van der Waals surface area contributed by atoms with Gasteiger partial charge >= 0.3 is 0 Å². The summed E-state index contributed by atoms with van der Waals surface area (Å²) >= 11 is 0. The van der Waals surface area contributed by atoms with Crippen molar-refractivity contribution in [3.63, 3.8) is 0 Å². The number of benzene rings is 4. The molecule has 0 unspecified atom stereocenters. The molecule has 0 spiro atoms. The molecule has 4 rings (SSSR count). The van der Waals surface area contributed by atoms with Gasteiger partial charge in [0.05, 0.1) is 0 Å². The van der Waals surface area contributed by atoms with Crippen LogP contribution in [0, 0.1) is 6.92 Å². The molecule has 0 atom stereocenters. The van der Waals surface area contributed by atoms with E-state index >= 15 is 0 Å². The molecule has 1 nitrogen and oxygen atoms in total. The SMILES string of the molecule is CCc1ccc(Oc2ccc(Cc3ccc(-c4ccc(C)cc4)cc3)cc2)cc1. The quantitative estimate of drug-likeness (QED) is 0.335. The van der Waals surface area contributed by atoms with Gasteiger partial charge in [0.2, 0.25) is 0 Å². The largest absolute Gasteiger partial charge is 0.457 e. The highest BCUT2D eigenvalue weighted by Gasteiger charge is 2.02. The molecule has 1 heteroatoms. The van der Waals surface area contributed by atoms with Crippen LogP contribution in [0.1, 0.15) is 29.2 Å². The standard InChI is InChI=1S/C28H26O/c1-3-22-8-16-27(17-9-22)29-28-18-10-24(11-19-28)20-23-6-14-26(15-7-23)25-12-4-21(2)5-13-25/h4-19H,3,20H2,1-2H3. The van der Waals surface area contributed by atoms with E-state index in [1.807, 2.05) is 24.3 Å². The molecule has 0 heterocycles. The highest BCUT2D eigenvalue weighted by molar-refractivity contribution is 5.64. The molecular formula is C28H26O. The molecule has 0 saturated heterocycles. The fourth-order valence-electron chi connectivity index (χ4n) is 3.40. The Hall–Kier alpha value is -3.32. The molecule has 0 aliphatic carbocycles. The highest BCUT2D eigenvalue weighted by Crippen LogP contribution is 2.24. The average molecular weight is 379 g/mol. The Morgan fingerprint density at radius 2 is 0.931 bits per heavy atom. The van der Waals surface area contributed by atoms with Crippen molar-refractivity contribution < 1.29 is 4.74 Å². The van der Waals surface area contributed by atoms with E-state index in [4.69, 9.17) is 4.74 Å². The molecule has 0 N–H and O–H groups in total. The smallest absolute Gasteiger partial charge is 0.127 e. The summed E-state index contributed by atoms with van der Waals surface area (Å²) in [6.45, 7) is 4.27. The highest BCUT2D eigenvalue weighted by atomic mass is 16.5. The van der Waals surface area contributed by atoms with Crippen LogP contribution < -0.4 is 4.74 Å². The zero-order valence-electron chi connectivity index (χ0n) is 17.1. The van der Waals surface area contributed by atoms with E-state index in [9.17, 15) is 0 Å². The molecule has 144 valence electrons. The average Bonchev–Trinajstić information content (AvgIpc) is 2.77.